The summed E-state index contributed by atoms with van der Waals surface area (Å²) < 4.78 is 27.7. The molecular weight excluding hydrogens is 288 g/mol. The van der Waals surface area contributed by atoms with Crippen molar-refractivity contribution in [2.24, 2.45) is 5.92 Å². The SMILES string of the molecule is CCNCc1cc(S(=O)(=O)NC(CN(C)C)C(C)C)c[nH]1. The Kier molecular flexibility index (Phi) is 6.86. The molecule has 0 bridgehead atoms. The van der Waals surface area contributed by atoms with Crippen LogP contribution in [0.15, 0.2) is 17.2 Å². The molecule has 0 amide bonds. The summed E-state index contributed by atoms with van der Waals surface area (Å²) in [5.74, 6) is 0.224. The van der Waals surface area contributed by atoms with Crippen LogP contribution < -0.4 is 10.0 Å². The largest absolute Gasteiger partial charge is 0.363 e. The highest BCUT2D eigenvalue weighted by atomic mass is 32.2. The van der Waals surface area contributed by atoms with E-state index in [-0.39, 0.29) is 12.0 Å². The van der Waals surface area contributed by atoms with Gasteiger partial charge in [0, 0.05) is 31.0 Å². The molecule has 0 aliphatic carbocycles. The van der Waals surface area contributed by atoms with E-state index in [2.05, 4.69) is 15.0 Å². The average molecular weight is 316 g/mol. The second-order valence-electron chi connectivity index (χ2n) is 5.87. The molecule has 1 unspecified atom stereocenters. The van der Waals surface area contributed by atoms with Gasteiger partial charge in [-0.3, -0.25) is 0 Å². The zero-order chi connectivity index (χ0) is 16.0. The summed E-state index contributed by atoms with van der Waals surface area (Å²) in [6, 6.07) is 1.56. The quantitative estimate of drug-likeness (QED) is 0.635. The lowest BCUT2D eigenvalue weighted by Gasteiger charge is -2.25. The minimum atomic E-state index is -3.49. The first-order valence-electron chi connectivity index (χ1n) is 7.31. The summed E-state index contributed by atoms with van der Waals surface area (Å²) in [6.07, 6.45) is 1.54. The predicted octanol–water partition coefficient (Wildman–Crippen LogP) is 0.989. The standard InChI is InChI=1S/C14H28N4O2S/c1-6-15-8-12-7-13(9-16-12)21(19,20)17-14(11(2)3)10-18(4)5/h7,9,11,14-17H,6,8,10H2,1-5H3. The molecule has 1 atom stereocenters. The van der Waals surface area contributed by atoms with E-state index < -0.39 is 10.0 Å². The van der Waals surface area contributed by atoms with Gasteiger partial charge in [0.05, 0.1) is 4.90 Å². The number of rotatable bonds is 9. The third-order valence-corrected chi connectivity index (χ3v) is 4.73. The number of nitrogens with one attached hydrogen (secondary N) is 3. The van der Waals surface area contributed by atoms with E-state index >= 15 is 0 Å². The van der Waals surface area contributed by atoms with Gasteiger partial charge in [-0.05, 0) is 32.6 Å². The van der Waals surface area contributed by atoms with Crippen molar-refractivity contribution < 1.29 is 8.42 Å². The Morgan fingerprint density at radius 2 is 2.00 bits per heavy atom. The molecule has 0 aliphatic rings. The van der Waals surface area contributed by atoms with Crippen LogP contribution in [0.3, 0.4) is 0 Å². The molecule has 21 heavy (non-hydrogen) atoms. The molecule has 0 aromatic carbocycles. The van der Waals surface area contributed by atoms with E-state index in [0.29, 0.717) is 18.0 Å². The Balaban J connectivity index is 2.81. The fourth-order valence-electron chi connectivity index (χ4n) is 1.98. The number of H-pyrrole nitrogens is 1. The van der Waals surface area contributed by atoms with Crippen molar-refractivity contribution in [3.63, 3.8) is 0 Å². The highest BCUT2D eigenvalue weighted by Crippen LogP contribution is 2.13. The Labute approximate surface area is 128 Å². The smallest absolute Gasteiger partial charge is 0.242 e. The van der Waals surface area contributed by atoms with Crippen molar-refractivity contribution in [2.45, 2.75) is 38.3 Å². The number of hydrogen-bond donors (Lipinski definition) is 3. The number of aromatic nitrogens is 1. The summed E-state index contributed by atoms with van der Waals surface area (Å²) in [4.78, 5) is 5.28. The van der Waals surface area contributed by atoms with Gasteiger partial charge in [0.1, 0.15) is 0 Å². The van der Waals surface area contributed by atoms with Gasteiger partial charge in [-0.25, -0.2) is 13.1 Å². The topological polar surface area (TPSA) is 77.2 Å². The van der Waals surface area contributed by atoms with Crippen LogP contribution in [0.25, 0.3) is 0 Å². The average Bonchev–Trinajstić information content (AvgIpc) is 2.84. The van der Waals surface area contributed by atoms with Crippen LogP contribution >= 0.6 is 0 Å². The van der Waals surface area contributed by atoms with Gasteiger partial charge in [0.15, 0.2) is 0 Å². The van der Waals surface area contributed by atoms with Crippen LogP contribution in [-0.4, -0.2) is 51.5 Å². The number of hydrogen-bond acceptors (Lipinski definition) is 4. The minimum absolute atomic E-state index is 0.114. The Hall–Kier alpha value is -0.890. The van der Waals surface area contributed by atoms with Crippen molar-refractivity contribution in [1.29, 1.82) is 0 Å². The lowest BCUT2D eigenvalue weighted by Crippen LogP contribution is -2.44. The first kappa shape index (κ1) is 18.2. The molecule has 7 heteroatoms. The Morgan fingerprint density at radius 1 is 1.33 bits per heavy atom. The molecule has 0 fully saturated rings. The summed E-state index contributed by atoms with van der Waals surface area (Å²) in [5.41, 5.74) is 0.867. The summed E-state index contributed by atoms with van der Waals surface area (Å²) >= 11 is 0. The summed E-state index contributed by atoms with van der Waals surface area (Å²) in [6.45, 7) is 8.20. The molecule has 0 spiro atoms. The predicted molar refractivity (Wildman–Crippen MR) is 85.7 cm³/mol. The van der Waals surface area contributed by atoms with Crippen LogP contribution in [0.5, 0.6) is 0 Å². The third-order valence-electron chi connectivity index (χ3n) is 3.27. The van der Waals surface area contributed by atoms with Gasteiger partial charge in [-0.1, -0.05) is 20.8 Å². The van der Waals surface area contributed by atoms with Crippen LogP contribution in [0, 0.1) is 5.92 Å². The lowest BCUT2D eigenvalue weighted by atomic mass is 10.1. The summed E-state index contributed by atoms with van der Waals surface area (Å²) in [5, 5.41) is 3.16. The molecule has 1 aromatic heterocycles. The maximum absolute atomic E-state index is 12.4. The maximum Gasteiger partial charge on any atom is 0.242 e. The fraction of sp³-hybridized carbons (Fsp3) is 0.714. The van der Waals surface area contributed by atoms with Crippen molar-refractivity contribution in [3.05, 3.63) is 18.0 Å². The molecule has 3 N–H and O–H groups in total. The lowest BCUT2D eigenvalue weighted by molar-refractivity contribution is 0.314. The molecule has 122 valence electrons. The van der Waals surface area contributed by atoms with E-state index in [1.54, 1.807) is 12.3 Å². The monoisotopic (exact) mass is 316 g/mol. The van der Waals surface area contributed by atoms with Gasteiger partial charge in [-0.2, -0.15) is 0 Å². The first-order valence-corrected chi connectivity index (χ1v) is 8.79. The molecule has 0 radical (unpaired) electrons. The molecule has 0 saturated heterocycles. The fourth-order valence-corrected chi connectivity index (χ4v) is 3.37. The number of nitrogens with zero attached hydrogens (tertiary/aromatic N) is 1. The maximum atomic E-state index is 12.4. The normalized spacial score (nSPS) is 14.0. The molecule has 1 aromatic rings. The van der Waals surface area contributed by atoms with Gasteiger partial charge in [0.2, 0.25) is 10.0 Å². The number of likely N-dealkylation sites (N-methyl/N-ethyl adjacent to an activating group) is 1. The van der Waals surface area contributed by atoms with Crippen molar-refractivity contribution in [2.75, 3.05) is 27.2 Å². The third kappa shape index (κ3) is 5.78. The van der Waals surface area contributed by atoms with Gasteiger partial charge < -0.3 is 15.2 Å². The van der Waals surface area contributed by atoms with Crippen LogP contribution in [0.2, 0.25) is 0 Å². The van der Waals surface area contributed by atoms with E-state index in [4.69, 9.17) is 0 Å². The minimum Gasteiger partial charge on any atom is -0.363 e. The van der Waals surface area contributed by atoms with Crippen LogP contribution in [0.4, 0.5) is 0 Å². The van der Waals surface area contributed by atoms with E-state index in [9.17, 15) is 8.42 Å². The molecule has 0 saturated carbocycles. The number of sulfonamides is 1. The molecule has 1 rings (SSSR count). The summed E-state index contributed by atoms with van der Waals surface area (Å²) in [7, 11) is 0.388. The van der Waals surface area contributed by atoms with Gasteiger partial charge in [0.25, 0.3) is 0 Å². The van der Waals surface area contributed by atoms with E-state index in [0.717, 1.165) is 12.2 Å². The van der Waals surface area contributed by atoms with E-state index in [1.807, 2.05) is 39.8 Å². The van der Waals surface area contributed by atoms with Gasteiger partial charge in [-0.15, -0.1) is 0 Å². The zero-order valence-corrected chi connectivity index (χ0v) is 14.4. The number of aromatic amines is 1. The van der Waals surface area contributed by atoms with Crippen molar-refractivity contribution in [3.8, 4) is 0 Å². The second kappa shape index (κ2) is 7.93. The first-order chi connectivity index (χ1) is 9.76. The Morgan fingerprint density at radius 3 is 2.52 bits per heavy atom. The second-order valence-corrected chi connectivity index (χ2v) is 7.59. The molecule has 1 heterocycles. The molecule has 0 aliphatic heterocycles. The van der Waals surface area contributed by atoms with Crippen LogP contribution in [0.1, 0.15) is 26.5 Å². The van der Waals surface area contributed by atoms with Crippen molar-refractivity contribution >= 4 is 10.0 Å². The highest BCUT2D eigenvalue weighted by molar-refractivity contribution is 7.89. The zero-order valence-electron chi connectivity index (χ0n) is 13.6. The molecular formula is C14H28N4O2S. The highest BCUT2D eigenvalue weighted by Gasteiger charge is 2.23. The van der Waals surface area contributed by atoms with Crippen LogP contribution in [-0.2, 0) is 16.6 Å². The Bertz CT molecular complexity index is 523. The molecule has 6 nitrogen and oxygen atoms in total. The van der Waals surface area contributed by atoms with Crippen molar-refractivity contribution in [1.82, 2.24) is 19.9 Å². The van der Waals surface area contributed by atoms with Gasteiger partial charge >= 0.3 is 0 Å². The van der Waals surface area contributed by atoms with E-state index in [1.165, 1.54) is 0 Å².